The molecule has 0 amide bonds. The maximum absolute atomic E-state index is 12.8. The third-order valence-electron chi connectivity index (χ3n) is 10.6. The molecule has 0 saturated heterocycles. The van der Waals surface area contributed by atoms with E-state index in [0.717, 1.165) is 89.9 Å². The van der Waals surface area contributed by atoms with Crippen molar-refractivity contribution < 1.29 is 28.6 Å². The van der Waals surface area contributed by atoms with Crippen molar-refractivity contribution in [2.24, 2.45) is 0 Å². The first-order chi connectivity index (χ1) is 30.5. The summed E-state index contributed by atoms with van der Waals surface area (Å²) in [7, 11) is 0. The van der Waals surface area contributed by atoms with Gasteiger partial charge >= 0.3 is 17.9 Å². The normalized spacial score (nSPS) is 12.8. The second-order valence-electron chi connectivity index (χ2n) is 16.7. The Balaban J connectivity index is 4.52. The van der Waals surface area contributed by atoms with Crippen LogP contribution in [0.1, 0.15) is 233 Å². The number of carbonyl (C=O) groups is 3. The van der Waals surface area contributed by atoms with Gasteiger partial charge < -0.3 is 14.2 Å². The zero-order valence-corrected chi connectivity index (χ0v) is 40.4. The van der Waals surface area contributed by atoms with E-state index in [1.807, 2.05) is 12.2 Å². The van der Waals surface area contributed by atoms with Gasteiger partial charge in [0.1, 0.15) is 13.2 Å². The summed E-state index contributed by atoms with van der Waals surface area (Å²) in [6.45, 7) is 6.43. The minimum atomic E-state index is -0.817. The smallest absolute Gasteiger partial charge is 0.306 e. The summed E-state index contributed by atoms with van der Waals surface area (Å²) in [5, 5.41) is 0. The fraction of sp³-hybridized carbons (Fsp3) is 0.696. The molecular formula is C56H94O6. The molecule has 0 aromatic heterocycles. The van der Waals surface area contributed by atoms with E-state index in [1.165, 1.54) is 96.3 Å². The van der Waals surface area contributed by atoms with Crippen LogP contribution in [-0.4, -0.2) is 37.2 Å². The molecule has 0 saturated carbocycles. The predicted octanol–water partition coefficient (Wildman–Crippen LogP) is 16.8. The maximum atomic E-state index is 12.8. The Morgan fingerprint density at radius 3 is 1.06 bits per heavy atom. The zero-order valence-electron chi connectivity index (χ0n) is 40.4. The highest BCUT2D eigenvalue weighted by Crippen LogP contribution is 2.14. The van der Waals surface area contributed by atoms with E-state index in [2.05, 4.69) is 93.7 Å². The van der Waals surface area contributed by atoms with Gasteiger partial charge in [-0.25, -0.2) is 0 Å². The molecule has 0 aliphatic rings. The molecule has 1 atom stereocenters. The van der Waals surface area contributed by atoms with Crippen molar-refractivity contribution in [3.05, 3.63) is 85.1 Å². The van der Waals surface area contributed by atoms with Gasteiger partial charge in [0.2, 0.25) is 0 Å². The molecule has 0 rings (SSSR count). The fourth-order valence-corrected chi connectivity index (χ4v) is 6.81. The standard InChI is InChI=1S/C56H94O6/c1-4-7-10-13-16-19-22-25-26-27-28-29-30-32-35-38-41-44-47-50-56(59)62-53(51-60-54(57)48-45-42-39-36-33-24-21-18-15-12-9-6-3)52-61-55(58)49-46-43-40-37-34-31-23-20-17-14-11-8-5-2/h7,10,16,19-20,23,25-26,28-29,32,35,41,44,53H,4-6,8-9,11-15,17-18,21-22,24,27,30-31,33-34,36-40,42-43,45-52H2,1-3H3/b10-7-,19-16-,23-20-,26-25-,29-28-,35-32-,44-41-/t53-/m0/s1. The number of rotatable bonds is 45. The minimum absolute atomic E-state index is 0.108. The first-order valence-electron chi connectivity index (χ1n) is 25.6. The molecule has 0 bridgehead atoms. The molecule has 0 aromatic rings. The average Bonchev–Trinajstić information content (AvgIpc) is 3.27. The van der Waals surface area contributed by atoms with Crippen LogP contribution >= 0.6 is 0 Å². The molecule has 0 aliphatic carbocycles. The number of ether oxygens (including phenoxy) is 3. The molecule has 62 heavy (non-hydrogen) atoms. The summed E-state index contributed by atoms with van der Waals surface area (Å²) in [5.74, 6) is -1.00. The van der Waals surface area contributed by atoms with Gasteiger partial charge in [0.05, 0.1) is 0 Å². The van der Waals surface area contributed by atoms with Gasteiger partial charge in [0, 0.05) is 19.3 Å². The summed E-state index contributed by atoms with van der Waals surface area (Å²) in [4.78, 5) is 37.9. The number of allylic oxidation sites excluding steroid dienone is 14. The van der Waals surface area contributed by atoms with Crippen molar-refractivity contribution in [2.45, 2.75) is 239 Å². The van der Waals surface area contributed by atoms with E-state index < -0.39 is 12.1 Å². The minimum Gasteiger partial charge on any atom is -0.462 e. The van der Waals surface area contributed by atoms with E-state index in [0.29, 0.717) is 19.3 Å². The summed E-state index contributed by atoms with van der Waals surface area (Å²) < 4.78 is 16.7. The van der Waals surface area contributed by atoms with Crippen LogP contribution in [0.25, 0.3) is 0 Å². The summed E-state index contributed by atoms with van der Waals surface area (Å²) in [6.07, 6.45) is 64.3. The Morgan fingerprint density at radius 2 is 0.661 bits per heavy atom. The first-order valence-corrected chi connectivity index (χ1v) is 25.6. The number of hydrogen-bond donors (Lipinski definition) is 0. The van der Waals surface area contributed by atoms with Crippen LogP contribution in [0.5, 0.6) is 0 Å². The van der Waals surface area contributed by atoms with Gasteiger partial charge in [-0.15, -0.1) is 0 Å². The Labute approximate surface area is 382 Å². The van der Waals surface area contributed by atoms with Gasteiger partial charge in [0.15, 0.2) is 6.10 Å². The highest BCUT2D eigenvalue weighted by Gasteiger charge is 2.19. The molecule has 0 spiro atoms. The first kappa shape index (κ1) is 58.6. The summed E-state index contributed by atoms with van der Waals surface area (Å²) in [6, 6.07) is 0. The number of hydrogen-bond acceptors (Lipinski definition) is 6. The summed E-state index contributed by atoms with van der Waals surface area (Å²) >= 11 is 0. The second kappa shape index (κ2) is 50.2. The largest absolute Gasteiger partial charge is 0.462 e. The number of unbranched alkanes of at least 4 members (excludes halogenated alkanes) is 20. The molecule has 0 heterocycles. The van der Waals surface area contributed by atoms with Crippen LogP contribution in [-0.2, 0) is 28.6 Å². The van der Waals surface area contributed by atoms with Crippen molar-refractivity contribution in [3.63, 3.8) is 0 Å². The zero-order chi connectivity index (χ0) is 45.1. The SMILES string of the molecule is CC/C=C\C/C=C\C/C=C\C/C=C\C/C=C\C/C=C\CCC(=O)O[C@H](COC(=O)CCCCCCC/C=C\CCCCCC)COC(=O)CCCCCCCCCCCCCC. The molecule has 0 unspecified atom stereocenters. The molecule has 0 N–H and O–H groups in total. The van der Waals surface area contributed by atoms with Crippen LogP contribution in [0.15, 0.2) is 85.1 Å². The van der Waals surface area contributed by atoms with E-state index in [9.17, 15) is 14.4 Å². The third-order valence-corrected chi connectivity index (χ3v) is 10.6. The van der Waals surface area contributed by atoms with E-state index in [4.69, 9.17) is 14.2 Å². The second-order valence-corrected chi connectivity index (χ2v) is 16.7. The van der Waals surface area contributed by atoms with Gasteiger partial charge in [-0.2, -0.15) is 0 Å². The fourth-order valence-electron chi connectivity index (χ4n) is 6.81. The molecule has 0 aromatic carbocycles. The highest BCUT2D eigenvalue weighted by molar-refractivity contribution is 5.71. The lowest BCUT2D eigenvalue weighted by Crippen LogP contribution is -2.30. The van der Waals surface area contributed by atoms with Crippen molar-refractivity contribution in [2.75, 3.05) is 13.2 Å². The van der Waals surface area contributed by atoms with Crippen LogP contribution in [0.3, 0.4) is 0 Å². The van der Waals surface area contributed by atoms with Gasteiger partial charge in [-0.1, -0.05) is 215 Å². The number of esters is 3. The van der Waals surface area contributed by atoms with Crippen molar-refractivity contribution >= 4 is 17.9 Å². The topological polar surface area (TPSA) is 78.9 Å². The lowest BCUT2D eigenvalue weighted by molar-refractivity contribution is -0.166. The Kier molecular flexibility index (Phi) is 47.5. The Hall–Kier alpha value is -3.41. The Morgan fingerprint density at radius 1 is 0.339 bits per heavy atom. The highest BCUT2D eigenvalue weighted by atomic mass is 16.6. The average molecular weight is 863 g/mol. The van der Waals surface area contributed by atoms with E-state index >= 15 is 0 Å². The van der Waals surface area contributed by atoms with Crippen LogP contribution < -0.4 is 0 Å². The summed E-state index contributed by atoms with van der Waals surface area (Å²) in [5.41, 5.74) is 0. The molecular weight excluding hydrogens is 769 g/mol. The molecule has 0 fully saturated rings. The predicted molar refractivity (Wildman–Crippen MR) is 265 cm³/mol. The van der Waals surface area contributed by atoms with Crippen molar-refractivity contribution in [1.82, 2.24) is 0 Å². The van der Waals surface area contributed by atoms with Crippen LogP contribution in [0.2, 0.25) is 0 Å². The lowest BCUT2D eigenvalue weighted by atomic mass is 10.0. The monoisotopic (exact) mass is 863 g/mol. The van der Waals surface area contributed by atoms with E-state index in [1.54, 1.807) is 0 Å². The third kappa shape index (κ3) is 47.6. The lowest BCUT2D eigenvalue weighted by Gasteiger charge is -2.18. The van der Waals surface area contributed by atoms with Crippen molar-refractivity contribution in [3.8, 4) is 0 Å². The molecule has 0 aliphatic heterocycles. The molecule has 6 nitrogen and oxygen atoms in total. The van der Waals surface area contributed by atoms with Gasteiger partial charge in [-0.05, 0) is 83.5 Å². The molecule has 6 heteroatoms. The van der Waals surface area contributed by atoms with E-state index in [-0.39, 0.29) is 31.6 Å². The Bertz CT molecular complexity index is 1220. The molecule has 354 valence electrons. The van der Waals surface area contributed by atoms with Crippen LogP contribution in [0.4, 0.5) is 0 Å². The molecule has 0 radical (unpaired) electrons. The van der Waals surface area contributed by atoms with Crippen molar-refractivity contribution in [1.29, 1.82) is 0 Å². The van der Waals surface area contributed by atoms with Crippen LogP contribution in [0, 0.1) is 0 Å². The number of carbonyl (C=O) groups excluding carboxylic acids is 3. The maximum Gasteiger partial charge on any atom is 0.306 e. The van der Waals surface area contributed by atoms with Gasteiger partial charge in [-0.3, -0.25) is 14.4 Å². The quantitative estimate of drug-likeness (QED) is 0.0263. The van der Waals surface area contributed by atoms with Gasteiger partial charge in [0.25, 0.3) is 0 Å².